The van der Waals surface area contributed by atoms with Crippen molar-refractivity contribution in [2.75, 3.05) is 20.7 Å². The van der Waals surface area contributed by atoms with Gasteiger partial charge in [0.25, 0.3) is 5.91 Å². The summed E-state index contributed by atoms with van der Waals surface area (Å²) in [6, 6.07) is 0. The monoisotopic (exact) mass is 239 g/mol. The van der Waals surface area contributed by atoms with Crippen molar-refractivity contribution in [2.45, 2.75) is 13.8 Å². The molecule has 0 radical (unpaired) electrons. The van der Waals surface area contributed by atoms with Crippen LogP contribution in [-0.4, -0.2) is 47.3 Å². The van der Waals surface area contributed by atoms with Gasteiger partial charge in [0.15, 0.2) is 0 Å². The average Bonchev–Trinajstić information content (AvgIpc) is 2.52. The van der Waals surface area contributed by atoms with Crippen molar-refractivity contribution in [3.05, 3.63) is 17.0 Å². The number of esters is 1. The van der Waals surface area contributed by atoms with E-state index in [-0.39, 0.29) is 12.5 Å². The van der Waals surface area contributed by atoms with E-state index in [9.17, 15) is 9.59 Å². The highest BCUT2D eigenvalue weighted by molar-refractivity contribution is 5.97. The number of methoxy groups -OCH3 is 1. The number of nitrogens with zero attached hydrogens (tertiary/aromatic N) is 3. The highest BCUT2D eigenvalue weighted by atomic mass is 16.5. The standard InChI is InChI=1S/C11H17N3O3/c1-7-10(8(2)14(4)12-7)11(16)13(3)6-9(15)17-5/h6H2,1-5H3. The van der Waals surface area contributed by atoms with E-state index in [0.29, 0.717) is 11.3 Å². The normalized spacial score (nSPS) is 10.2. The highest BCUT2D eigenvalue weighted by Gasteiger charge is 2.22. The summed E-state index contributed by atoms with van der Waals surface area (Å²) in [6.07, 6.45) is 0. The van der Waals surface area contributed by atoms with Gasteiger partial charge in [0.05, 0.1) is 18.4 Å². The lowest BCUT2D eigenvalue weighted by Crippen LogP contribution is -2.33. The minimum Gasteiger partial charge on any atom is -0.468 e. The first kappa shape index (κ1) is 13.2. The maximum absolute atomic E-state index is 12.1. The molecule has 1 aromatic heterocycles. The number of aryl methyl sites for hydroxylation is 2. The van der Waals surface area contributed by atoms with Gasteiger partial charge in [-0.1, -0.05) is 0 Å². The first-order chi connectivity index (χ1) is 7.88. The zero-order valence-corrected chi connectivity index (χ0v) is 10.8. The molecular weight excluding hydrogens is 222 g/mol. The van der Waals surface area contributed by atoms with Crippen LogP contribution in [0.15, 0.2) is 0 Å². The molecule has 6 heteroatoms. The molecule has 6 nitrogen and oxygen atoms in total. The van der Waals surface area contributed by atoms with Crippen LogP contribution in [0.4, 0.5) is 0 Å². The van der Waals surface area contributed by atoms with Crippen molar-refractivity contribution in [3.63, 3.8) is 0 Å². The summed E-state index contributed by atoms with van der Waals surface area (Å²) in [4.78, 5) is 24.5. The van der Waals surface area contributed by atoms with E-state index in [1.165, 1.54) is 12.0 Å². The van der Waals surface area contributed by atoms with Crippen molar-refractivity contribution >= 4 is 11.9 Å². The number of aromatic nitrogens is 2. The zero-order valence-electron chi connectivity index (χ0n) is 10.8. The molecule has 0 aliphatic carbocycles. The molecule has 0 unspecified atom stereocenters. The molecule has 0 aliphatic rings. The smallest absolute Gasteiger partial charge is 0.325 e. The lowest BCUT2D eigenvalue weighted by molar-refractivity contribution is -0.141. The van der Waals surface area contributed by atoms with E-state index in [4.69, 9.17) is 0 Å². The lowest BCUT2D eigenvalue weighted by atomic mass is 10.1. The molecule has 0 fully saturated rings. The van der Waals surface area contributed by atoms with E-state index in [1.807, 2.05) is 6.92 Å². The Morgan fingerprint density at radius 2 is 2.00 bits per heavy atom. The van der Waals surface area contributed by atoms with Gasteiger partial charge < -0.3 is 9.64 Å². The average molecular weight is 239 g/mol. The molecule has 1 heterocycles. The van der Waals surface area contributed by atoms with Crippen LogP contribution in [-0.2, 0) is 16.6 Å². The molecule has 1 aromatic rings. The third-order valence-electron chi connectivity index (χ3n) is 2.66. The largest absolute Gasteiger partial charge is 0.468 e. The molecule has 17 heavy (non-hydrogen) atoms. The van der Waals surface area contributed by atoms with Gasteiger partial charge in [-0.3, -0.25) is 14.3 Å². The van der Waals surface area contributed by atoms with Crippen LogP contribution in [0.1, 0.15) is 21.7 Å². The molecule has 0 aliphatic heterocycles. The first-order valence-corrected chi connectivity index (χ1v) is 5.21. The molecule has 0 saturated carbocycles. The Bertz CT molecular complexity index is 451. The van der Waals surface area contributed by atoms with Crippen LogP contribution in [0, 0.1) is 13.8 Å². The maximum Gasteiger partial charge on any atom is 0.325 e. The van der Waals surface area contributed by atoms with Crippen molar-refractivity contribution in [1.82, 2.24) is 14.7 Å². The van der Waals surface area contributed by atoms with Crippen LogP contribution < -0.4 is 0 Å². The van der Waals surface area contributed by atoms with Crippen LogP contribution >= 0.6 is 0 Å². The number of ether oxygens (including phenoxy) is 1. The van der Waals surface area contributed by atoms with Gasteiger partial charge in [0.1, 0.15) is 6.54 Å². The fraction of sp³-hybridized carbons (Fsp3) is 0.545. The van der Waals surface area contributed by atoms with Gasteiger partial charge in [-0.25, -0.2) is 0 Å². The number of carbonyl (C=O) groups is 2. The number of hydrogen-bond donors (Lipinski definition) is 0. The number of amides is 1. The minimum atomic E-state index is -0.444. The summed E-state index contributed by atoms with van der Waals surface area (Å²) in [6.45, 7) is 3.52. The fourth-order valence-electron chi connectivity index (χ4n) is 1.60. The van der Waals surface area contributed by atoms with Crippen LogP contribution in [0.2, 0.25) is 0 Å². The fourth-order valence-corrected chi connectivity index (χ4v) is 1.60. The molecule has 0 aromatic carbocycles. The van der Waals surface area contributed by atoms with E-state index >= 15 is 0 Å². The predicted molar refractivity (Wildman–Crippen MR) is 61.7 cm³/mol. The summed E-state index contributed by atoms with van der Waals surface area (Å²) in [5.41, 5.74) is 1.98. The number of likely N-dealkylation sites (N-methyl/N-ethyl adjacent to an activating group) is 1. The summed E-state index contributed by atoms with van der Waals surface area (Å²) in [5.74, 6) is -0.668. The molecule has 0 saturated heterocycles. The second kappa shape index (κ2) is 4.99. The Hall–Kier alpha value is -1.85. The number of rotatable bonds is 3. The van der Waals surface area contributed by atoms with Gasteiger partial charge >= 0.3 is 5.97 Å². The quantitative estimate of drug-likeness (QED) is 0.711. The van der Waals surface area contributed by atoms with Crippen molar-refractivity contribution in [1.29, 1.82) is 0 Å². The first-order valence-electron chi connectivity index (χ1n) is 5.21. The third-order valence-corrected chi connectivity index (χ3v) is 2.66. The second-order valence-corrected chi connectivity index (χ2v) is 3.91. The molecule has 94 valence electrons. The molecular formula is C11H17N3O3. The van der Waals surface area contributed by atoms with Gasteiger partial charge in [0, 0.05) is 19.8 Å². The van der Waals surface area contributed by atoms with Crippen LogP contribution in [0.3, 0.4) is 0 Å². The van der Waals surface area contributed by atoms with Gasteiger partial charge in [0.2, 0.25) is 0 Å². The maximum atomic E-state index is 12.1. The number of hydrogen-bond acceptors (Lipinski definition) is 4. The molecule has 0 atom stereocenters. The number of carbonyl (C=O) groups excluding carboxylic acids is 2. The molecule has 0 N–H and O–H groups in total. The lowest BCUT2D eigenvalue weighted by Gasteiger charge is -2.15. The van der Waals surface area contributed by atoms with Crippen molar-refractivity contribution in [2.24, 2.45) is 7.05 Å². The van der Waals surface area contributed by atoms with E-state index in [1.54, 1.807) is 25.7 Å². The van der Waals surface area contributed by atoms with Gasteiger partial charge in [-0.2, -0.15) is 5.10 Å². The predicted octanol–water partition coefficient (Wildman–Crippen LogP) is 0.282. The van der Waals surface area contributed by atoms with Crippen molar-refractivity contribution < 1.29 is 14.3 Å². The second-order valence-electron chi connectivity index (χ2n) is 3.91. The Kier molecular flexibility index (Phi) is 3.88. The molecule has 0 spiro atoms. The minimum absolute atomic E-state index is 0.0664. The molecule has 1 rings (SSSR count). The highest BCUT2D eigenvalue weighted by Crippen LogP contribution is 2.13. The third kappa shape index (κ3) is 2.64. The zero-order chi connectivity index (χ0) is 13.2. The Balaban J connectivity index is 2.93. The Labute approximate surface area is 100 Å². The van der Waals surface area contributed by atoms with E-state index in [2.05, 4.69) is 9.84 Å². The summed E-state index contributed by atoms with van der Waals surface area (Å²) in [5, 5.41) is 4.17. The molecule has 1 amide bonds. The summed E-state index contributed by atoms with van der Waals surface area (Å²) in [7, 11) is 4.63. The summed E-state index contributed by atoms with van der Waals surface area (Å²) >= 11 is 0. The topological polar surface area (TPSA) is 64.4 Å². The Morgan fingerprint density at radius 1 is 1.41 bits per heavy atom. The van der Waals surface area contributed by atoms with Gasteiger partial charge in [-0.05, 0) is 13.8 Å². The Morgan fingerprint density at radius 3 is 2.41 bits per heavy atom. The van der Waals surface area contributed by atoms with Crippen LogP contribution in [0.25, 0.3) is 0 Å². The SMILES string of the molecule is COC(=O)CN(C)C(=O)c1c(C)nn(C)c1C. The molecule has 0 bridgehead atoms. The van der Waals surface area contributed by atoms with E-state index in [0.717, 1.165) is 5.69 Å². The van der Waals surface area contributed by atoms with E-state index < -0.39 is 5.97 Å². The van der Waals surface area contributed by atoms with Gasteiger partial charge in [-0.15, -0.1) is 0 Å². The van der Waals surface area contributed by atoms with Crippen LogP contribution in [0.5, 0.6) is 0 Å². The summed E-state index contributed by atoms with van der Waals surface area (Å²) < 4.78 is 6.17. The van der Waals surface area contributed by atoms with Crippen molar-refractivity contribution in [3.8, 4) is 0 Å².